The van der Waals surface area contributed by atoms with Crippen LogP contribution in [0.1, 0.15) is 44.9 Å². The average Bonchev–Trinajstić information content (AvgIpc) is 2.78. The molecule has 4 rings (SSSR count). The van der Waals surface area contributed by atoms with Crippen LogP contribution in [0.3, 0.4) is 0 Å². The first-order valence-electron chi connectivity index (χ1n) is 9.04. The molecule has 0 saturated heterocycles. The number of methoxy groups -OCH3 is 1. The first kappa shape index (κ1) is 16.7. The molecule has 0 saturated carbocycles. The van der Waals surface area contributed by atoms with Gasteiger partial charge in [-0.05, 0) is 66.8 Å². The Morgan fingerprint density at radius 1 is 0.885 bits per heavy atom. The van der Waals surface area contributed by atoms with Gasteiger partial charge in [-0.1, -0.05) is 42.0 Å². The van der Waals surface area contributed by atoms with Crippen LogP contribution in [0.2, 0.25) is 0 Å². The summed E-state index contributed by atoms with van der Waals surface area (Å²) in [6.45, 7) is 7.17. The van der Waals surface area contributed by atoms with E-state index >= 15 is 0 Å². The lowest BCUT2D eigenvalue weighted by atomic mass is 9.79. The third kappa shape index (κ3) is 2.76. The molecule has 0 fully saturated rings. The Morgan fingerprint density at radius 3 is 2.35 bits per heavy atom. The lowest BCUT2D eigenvalue weighted by Crippen LogP contribution is -2.09. The number of aryl methyl sites for hydroxylation is 3. The number of fused-ring (bicyclic) bond motifs is 2. The van der Waals surface area contributed by atoms with Gasteiger partial charge in [0.25, 0.3) is 0 Å². The molecule has 26 heavy (non-hydrogen) atoms. The van der Waals surface area contributed by atoms with E-state index in [0.717, 1.165) is 11.5 Å². The molecule has 0 spiro atoms. The predicted octanol–water partition coefficient (Wildman–Crippen LogP) is 5.69. The van der Waals surface area contributed by atoms with Crippen molar-refractivity contribution in [3.63, 3.8) is 0 Å². The van der Waals surface area contributed by atoms with E-state index in [1.54, 1.807) is 7.11 Å². The molecule has 0 aliphatic carbocycles. The molecule has 0 N–H and O–H groups in total. The van der Waals surface area contributed by atoms with Gasteiger partial charge in [-0.25, -0.2) is 0 Å². The Hall–Kier alpha value is -2.74. The lowest BCUT2D eigenvalue weighted by molar-refractivity contribution is 0.306. The van der Waals surface area contributed by atoms with Crippen LogP contribution in [0, 0.1) is 20.8 Å². The Kier molecular flexibility index (Phi) is 4.20. The van der Waals surface area contributed by atoms with E-state index in [1.807, 2.05) is 12.1 Å². The summed E-state index contributed by atoms with van der Waals surface area (Å²) in [7, 11) is 1.71. The zero-order chi connectivity index (χ0) is 18.3. The fourth-order valence-electron chi connectivity index (χ4n) is 4.24. The van der Waals surface area contributed by atoms with Gasteiger partial charge in [-0.3, -0.25) is 0 Å². The second kappa shape index (κ2) is 6.53. The number of hydrogen-bond acceptors (Lipinski definition) is 2. The molecular weight excluding hydrogens is 320 g/mol. The summed E-state index contributed by atoms with van der Waals surface area (Å²) in [4.78, 5) is 0. The second-order valence-corrected chi connectivity index (χ2v) is 7.14. The van der Waals surface area contributed by atoms with Crippen molar-refractivity contribution in [3.05, 3.63) is 93.5 Å². The highest BCUT2D eigenvalue weighted by Crippen LogP contribution is 2.44. The number of hydrogen-bond donors (Lipinski definition) is 0. The van der Waals surface area contributed by atoms with Crippen molar-refractivity contribution in [1.29, 1.82) is 0 Å². The Labute approximate surface area is 155 Å². The van der Waals surface area contributed by atoms with E-state index < -0.39 is 0 Å². The predicted molar refractivity (Wildman–Crippen MR) is 105 cm³/mol. The van der Waals surface area contributed by atoms with Crippen molar-refractivity contribution in [2.24, 2.45) is 0 Å². The number of benzene rings is 3. The maximum absolute atomic E-state index is 6.17. The molecule has 0 amide bonds. The maximum Gasteiger partial charge on any atom is 0.124 e. The van der Waals surface area contributed by atoms with Crippen molar-refractivity contribution >= 4 is 0 Å². The quantitative estimate of drug-likeness (QED) is 0.594. The van der Waals surface area contributed by atoms with Crippen molar-refractivity contribution in [2.45, 2.75) is 33.3 Å². The van der Waals surface area contributed by atoms with Crippen LogP contribution in [-0.2, 0) is 6.61 Å². The Morgan fingerprint density at radius 2 is 1.62 bits per heavy atom. The van der Waals surface area contributed by atoms with Crippen LogP contribution in [0.25, 0.3) is 0 Å². The van der Waals surface area contributed by atoms with Crippen LogP contribution in [0.15, 0.2) is 54.6 Å². The largest absolute Gasteiger partial charge is 0.497 e. The van der Waals surface area contributed by atoms with Crippen LogP contribution in [-0.4, -0.2) is 7.11 Å². The molecule has 0 radical (unpaired) electrons. The standard InChI is InChI=1S/C24H24O2/c1-15-11-16(2)23(17(3)12-15)24-20-8-6-5-7-18(20)14-26-22-10-9-19(25-4)13-21(22)24/h5-13,24H,14H2,1-4H3. The highest BCUT2D eigenvalue weighted by molar-refractivity contribution is 5.58. The SMILES string of the molecule is COc1ccc2c(c1)C(c1c(C)cc(C)cc1C)c1ccccc1CO2. The van der Waals surface area contributed by atoms with Crippen LogP contribution in [0.4, 0.5) is 0 Å². The summed E-state index contributed by atoms with van der Waals surface area (Å²) < 4.78 is 11.7. The summed E-state index contributed by atoms with van der Waals surface area (Å²) >= 11 is 0. The minimum absolute atomic E-state index is 0.138. The zero-order valence-electron chi connectivity index (χ0n) is 15.8. The van der Waals surface area contributed by atoms with Crippen molar-refractivity contribution in [2.75, 3.05) is 7.11 Å². The molecule has 0 bridgehead atoms. The van der Waals surface area contributed by atoms with E-state index in [0.29, 0.717) is 6.61 Å². The fourth-order valence-corrected chi connectivity index (χ4v) is 4.24. The van der Waals surface area contributed by atoms with Crippen molar-refractivity contribution < 1.29 is 9.47 Å². The molecular formula is C24H24O2. The molecule has 132 valence electrons. The van der Waals surface area contributed by atoms with Gasteiger partial charge < -0.3 is 9.47 Å². The molecule has 1 aliphatic rings. The van der Waals surface area contributed by atoms with E-state index in [-0.39, 0.29) is 5.92 Å². The molecule has 2 nitrogen and oxygen atoms in total. The van der Waals surface area contributed by atoms with Gasteiger partial charge in [-0.2, -0.15) is 0 Å². The number of ether oxygens (including phenoxy) is 2. The monoisotopic (exact) mass is 344 g/mol. The Balaban J connectivity index is 2.04. The minimum Gasteiger partial charge on any atom is -0.497 e. The molecule has 0 aromatic heterocycles. The van der Waals surface area contributed by atoms with Crippen LogP contribution in [0.5, 0.6) is 11.5 Å². The van der Waals surface area contributed by atoms with Gasteiger partial charge in [0.1, 0.15) is 18.1 Å². The maximum atomic E-state index is 6.17. The first-order chi connectivity index (χ1) is 12.6. The topological polar surface area (TPSA) is 18.5 Å². The van der Waals surface area contributed by atoms with Crippen molar-refractivity contribution in [1.82, 2.24) is 0 Å². The molecule has 1 heterocycles. The zero-order valence-corrected chi connectivity index (χ0v) is 15.8. The van der Waals surface area contributed by atoms with E-state index in [2.05, 4.69) is 63.2 Å². The van der Waals surface area contributed by atoms with Crippen LogP contribution >= 0.6 is 0 Å². The van der Waals surface area contributed by atoms with Gasteiger partial charge in [-0.15, -0.1) is 0 Å². The molecule has 2 heteroatoms. The average molecular weight is 344 g/mol. The summed E-state index contributed by atoms with van der Waals surface area (Å²) in [6.07, 6.45) is 0. The minimum atomic E-state index is 0.138. The van der Waals surface area contributed by atoms with Gasteiger partial charge in [0.05, 0.1) is 7.11 Å². The highest BCUT2D eigenvalue weighted by Gasteiger charge is 2.28. The summed E-state index contributed by atoms with van der Waals surface area (Å²) in [5, 5.41) is 0. The molecule has 1 atom stereocenters. The Bertz CT molecular complexity index is 949. The highest BCUT2D eigenvalue weighted by atomic mass is 16.5. The lowest BCUT2D eigenvalue weighted by Gasteiger charge is -2.24. The van der Waals surface area contributed by atoms with Gasteiger partial charge in [0, 0.05) is 11.5 Å². The number of rotatable bonds is 2. The first-order valence-corrected chi connectivity index (χ1v) is 9.04. The molecule has 1 aliphatic heterocycles. The third-order valence-electron chi connectivity index (χ3n) is 5.30. The smallest absolute Gasteiger partial charge is 0.124 e. The van der Waals surface area contributed by atoms with Crippen LogP contribution < -0.4 is 9.47 Å². The fraction of sp³-hybridized carbons (Fsp3) is 0.250. The third-order valence-corrected chi connectivity index (χ3v) is 5.30. The molecule has 3 aromatic carbocycles. The van der Waals surface area contributed by atoms with Gasteiger partial charge in [0.2, 0.25) is 0 Å². The summed E-state index contributed by atoms with van der Waals surface area (Å²) in [6, 6.07) is 19.3. The van der Waals surface area contributed by atoms with E-state index in [4.69, 9.17) is 9.47 Å². The molecule has 1 unspecified atom stereocenters. The molecule has 3 aromatic rings. The van der Waals surface area contributed by atoms with E-state index in [9.17, 15) is 0 Å². The second-order valence-electron chi connectivity index (χ2n) is 7.14. The van der Waals surface area contributed by atoms with Gasteiger partial charge in [0.15, 0.2) is 0 Å². The van der Waals surface area contributed by atoms with E-state index in [1.165, 1.54) is 38.9 Å². The normalized spacial score (nSPS) is 15.5. The summed E-state index contributed by atoms with van der Waals surface area (Å²) in [5.41, 5.74) is 9.03. The van der Waals surface area contributed by atoms with Gasteiger partial charge >= 0.3 is 0 Å². The summed E-state index contributed by atoms with van der Waals surface area (Å²) in [5.74, 6) is 1.94. The van der Waals surface area contributed by atoms with Crippen molar-refractivity contribution in [3.8, 4) is 11.5 Å².